The lowest BCUT2D eigenvalue weighted by Gasteiger charge is -2.57. The molecule has 0 spiro atoms. The maximum absolute atomic E-state index is 11.6. The summed E-state index contributed by atoms with van der Waals surface area (Å²) < 4.78 is 4.87. The fraction of sp³-hybridized carbons (Fsp3) is 0.880. The molecule has 0 aromatic rings. The first-order valence-electron chi connectivity index (χ1n) is 11.7. The zero-order chi connectivity index (χ0) is 20.1. The van der Waals surface area contributed by atoms with Crippen molar-refractivity contribution < 1.29 is 14.6 Å². The number of hydrogen-bond acceptors (Lipinski definition) is 3. The van der Waals surface area contributed by atoms with E-state index < -0.39 is 0 Å². The lowest BCUT2D eigenvalue weighted by Crippen LogP contribution is -2.48. The van der Waals surface area contributed by atoms with Crippen molar-refractivity contribution in [2.75, 3.05) is 7.11 Å². The molecule has 4 aliphatic carbocycles. The first kappa shape index (κ1) is 20.4. The number of rotatable bonds is 4. The van der Waals surface area contributed by atoms with E-state index in [9.17, 15) is 9.90 Å². The molecule has 0 aliphatic heterocycles. The normalized spacial score (nSPS) is 46.0. The molecule has 158 valence electrons. The molecule has 3 heteroatoms. The maximum atomic E-state index is 11.6. The third-order valence-electron chi connectivity index (χ3n) is 9.79. The van der Waals surface area contributed by atoms with Gasteiger partial charge in [0.2, 0.25) is 0 Å². The number of carbonyl (C=O) groups is 1. The van der Waals surface area contributed by atoms with Gasteiger partial charge < -0.3 is 9.84 Å². The highest BCUT2D eigenvalue weighted by molar-refractivity contribution is 5.69. The summed E-state index contributed by atoms with van der Waals surface area (Å²) in [7, 11) is 1.49. The van der Waals surface area contributed by atoms with Crippen LogP contribution in [0.5, 0.6) is 0 Å². The van der Waals surface area contributed by atoms with Gasteiger partial charge in [-0.2, -0.15) is 0 Å². The molecule has 0 aromatic carbocycles. The third-order valence-corrected chi connectivity index (χ3v) is 9.79. The zero-order valence-corrected chi connectivity index (χ0v) is 18.4. The number of fused-ring (bicyclic) bond motifs is 5. The van der Waals surface area contributed by atoms with Gasteiger partial charge in [-0.05, 0) is 98.2 Å². The second-order valence-corrected chi connectivity index (χ2v) is 11.0. The predicted octanol–water partition coefficient (Wildman–Crippen LogP) is 5.52. The fourth-order valence-electron chi connectivity index (χ4n) is 8.13. The van der Waals surface area contributed by atoms with Gasteiger partial charge in [0.1, 0.15) is 0 Å². The Kier molecular flexibility index (Phi) is 5.44. The van der Waals surface area contributed by atoms with Gasteiger partial charge in [0.15, 0.2) is 0 Å². The molecule has 3 nitrogen and oxygen atoms in total. The van der Waals surface area contributed by atoms with Gasteiger partial charge in [-0.1, -0.05) is 32.4 Å². The molecule has 8 unspecified atom stereocenters. The summed E-state index contributed by atoms with van der Waals surface area (Å²) in [5, 5.41) is 10.2. The van der Waals surface area contributed by atoms with Gasteiger partial charge in [0, 0.05) is 6.42 Å². The van der Waals surface area contributed by atoms with Crippen molar-refractivity contribution in [2.45, 2.75) is 91.1 Å². The number of aliphatic hydroxyl groups is 1. The van der Waals surface area contributed by atoms with Gasteiger partial charge in [-0.15, -0.1) is 0 Å². The Morgan fingerprint density at radius 2 is 2.04 bits per heavy atom. The van der Waals surface area contributed by atoms with Crippen LogP contribution in [0.1, 0.15) is 85.0 Å². The second-order valence-electron chi connectivity index (χ2n) is 11.0. The lowest BCUT2D eigenvalue weighted by molar-refractivity contribution is -0.141. The van der Waals surface area contributed by atoms with E-state index in [-0.39, 0.29) is 12.1 Å². The van der Waals surface area contributed by atoms with Crippen molar-refractivity contribution in [3.63, 3.8) is 0 Å². The summed E-state index contributed by atoms with van der Waals surface area (Å²) >= 11 is 0. The Bertz CT molecular complexity index is 640. The quantitative estimate of drug-likeness (QED) is 0.510. The van der Waals surface area contributed by atoms with E-state index >= 15 is 0 Å². The number of esters is 1. The monoisotopic (exact) mass is 388 g/mol. The Balaban J connectivity index is 1.53. The summed E-state index contributed by atoms with van der Waals surface area (Å²) in [6.07, 6.45) is 13.8. The van der Waals surface area contributed by atoms with E-state index in [2.05, 4.69) is 26.8 Å². The van der Waals surface area contributed by atoms with Crippen LogP contribution in [0.15, 0.2) is 11.6 Å². The van der Waals surface area contributed by atoms with Crippen LogP contribution in [-0.2, 0) is 9.53 Å². The number of ether oxygens (including phenoxy) is 1. The van der Waals surface area contributed by atoms with E-state index in [0.717, 1.165) is 37.0 Å². The SMILES string of the molecule is COC(=O)CCC(C)C1CCC2C3CCC4CC(O)CCC4(C)C3=CCC12C. The average Bonchev–Trinajstić information content (AvgIpc) is 3.03. The maximum Gasteiger partial charge on any atom is 0.305 e. The zero-order valence-electron chi connectivity index (χ0n) is 18.4. The topological polar surface area (TPSA) is 46.5 Å². The number of hydrogen-bond donors (Lipinski definition) is 1. The molecule has 3 fully saturated rings. The van der Waals surface area contributed by atoms with Crippen molar-refractivity contribution in [3.8, 4) is 0 Å². The smallest absolute Gasteiger partial charge is 0.305 e. The third kappa shape index (κ3) is 3.16. The minimum Gasteiger partial charge on any atom is -0.469 e. The minimum atomic E-state index is -0.0735. The summed E-state index contributed by atoms with van der Waals surface area (Å²) in [6.45, 7) is 7.42. The molecule has 0 bridgehead atoms. The fourth-order valence-corrected chi connectivity index (χ4v) is 8.13. The van der Waals surface area contributed by atoms with Crippen molar-refractivity contribution >= 4 is 5.97 Å². The number of aliphatic hydroxyl groups excluding tert-OH is 1. The first-order valence-corrected chi connectivity index (χ1v) is 11.7. The van der Waals surface area contributed by atoms with Crippen LogP contribution in [0.4, 0.5) is 0 Å². The molecule has 0 aromatic heterocycles. The van der Waals surface area contributed by atoms with Gasteiger partial charge in [0.05, 0.1) is 13.2 Å². The Hall–Kier alpha value is -0.830. The summed E-state index contributed by atoms with van der Waals surface area (Å²) in [6, 6.07) is 0. The molecular weight excluding hydrogens is 348 g/mol. The van der Waals surface area contributed by atoms with Crippen LogP contribution in [-0.4, -0.2) is 24.3 Å². The van der Waals surface area contributed by atoms with Crippen molar-refractivity contribution in [2.24, 2.45) is 40.4 Å². The Morgan fingerprint density at radius 3 is 2.79 bits per heavy atom. The van der Waals surface area contributed by atoms with Crippen LogP contribution in [0.3, 0.4) is 0 Å². The molecule has 4 rings (SSSR count). The average molecular weight is 389 g/mol. The highest BCUT2D eigenvalue weighted by Crippen LogP contribution is 2.66. The number of methoxy groups -OCH3 is 1. The van der Waals surface area contributed by atoms with E-state index in [1.165, 1.54) is 45.6 Å². The standard InChI is InChI=1S/C25H40O3/c1-16(5-10-23(27)28-4)20-8-9-21-19-7-6-17-15-18(26)11-13-24(17,2)22(19)12-14-25(20,21)3/h12,16-21,26H,5-11,13-15H2,1-4H3. The first-order chi connectivity index (χ1) is 13.3. The summed E-state index contributed by atoms with van der Waals surface area (Å²) in [5.41, 5.74) is 2.49. The van der Waals surface area contributed by atoms with E-state index in [1.807, 2.05) is 0 Å². The van der Waals surface area contributed by atoms with Crippen molar-refractivity contribution in [3.05, 3.63) is 11.6 Å². The number of carbonyl (C=O) groups excluding carboxylic acids is 1. The van der Waals surface area contributed by atoms with Gasteiger partial charge >= 0.3 is 5.97 Å². The number of allylic oxidation sites excluding steroid dienone is 2. The van der Waals surface area contributed by atoms with E-state index in [1.54, 1.807) is 5.57 Å². The van der Waals surface area contributed by atoms with Crippen LogP contribution >= 0.6 is 0 Å². The van der Waals surface area contributed by atoms with Crippen LogP contribution in [0.25, 0.3) is 0 Å². The second kappa shape index (κ2) is 7.45. The predicted molar refractivity (Wildman–Crippen MR) is 112 cm³/mol. The molecule has 1 N–H and O–H groups in total. The molecule has 3 saturated carbocycles. The molecule has 4 aliphatic rings. The van der Waals surface area contributed by atoms with E-state index in [4.69, 9.17) is 4.74 Å². The highest BCUT2D eigenvalue weighted by Gasteiger charge is 2.57. The largest absolute Gasteiger partial charge is 0.469 e. The molecule has 0 heterocycles. The summed E-state index contributed by atoms with van der Waals surface area (Å²) in [4.78, 5) is 11.6. The molecule has 0 saturated heterocycles. The summed E-state index contributed by atoms with van der Waals surface area (Å²) in [5.74, 6) is 3.48. The van der Waals surface area contributed by atoms with E-state index in [0.29, 0.717) is 29.1 Å². The molecular formula is C25H40O3. The van der Waals surface area contributed by atoms with Crippen LogP contribution in [0.2, 0.25) is 0 Å². The van der Waals surface area contributed by atoms with Gasteiger partial charge in [-0.3, -0.25) is 4.79 Å². The van der Waals surface area contributed by atoms with Crippen molar-refractivity contribution in [1.82, 2.24) is 0 Å². The van der Waals surface area contributed by atoms with Gasteiger partial charge in [0.25, 0.3) is 0 Å². The Labute approximate surface area is 171 Å². The molecule has 8 atom stereocenters. The van der Waals surface area contributed by atoms with Gasteiger partial charge in [-0.25, -0.2) is 0 Å². The molecule has 28 heavy (non-hydrogen) atoms. The molecule has 0 radical (unpaired) electrons. The van der Waals surface area contributed by atoms with Crippen LogP contribution < -0.4 is 0 Å². The lowest BCUT2D eigenvalue weighted by atomic mass is 9.48. The van der Waals surface area contributed by atoms with Crippen molar-refractivity contribution in [1.29, 1.82) is 0 Å². The van der Waals surface area contributed by atoms with Crippen LogP contribution in [0, 0.1) is 40.4 Å². The highest BCUT2D eigenvalue weighted by atomic mass is 16.5. The minimum absolute atomic E-state index is 0.0666. The Morgan fingerprint density at radius 1 is 1.25 bits per heavy atom. The molecule has 0 amide bonds.